The summed E-state index contributed by atoms with van der Waals surface area (Å²) < 4.78 is 0. The van der Waals surface area contributed by atoms with Gasteiger partial charge in [-0.25, -0.2) is 0 Å². The SMILES string of the molecule is CCNC(C)(CN(C)CC1CCN(C)C1)C(N)=O. The first kappa shape index (κ1) is 15.4. The van der Waals surface area contributed by atoms with E-state index in [1.54, 1.807) is 0 Å². The summed E-state index contributed by atoms with van der Waals surface area (Å²) in [7, 11) is 4.23. The summed E-state index contributed by atoms with van der Waals surface area (Å²) >= 11 is 0. The standard InChI is InChI=1S/C13H28N4O/c1-5-15-13(2,12(14)18)10-17(4)9-11-6-7-16(3)8-11/h11,15H,5-10H2,1-4H3,(H2,14,18). The molecule has 0 aliphatic carbocycles. The van der Waals surface area contributed by atoms with Gasteiger partial charge >= 0.3 is 0 Å². The molecule has 18 heavy (non-hydrogen) atoms. The molecule has 0 bridgehead atoms. The van der Waals surface area contributed by atoms with Crippen LogP contribution < -0.4 is 11.1 Å². The third-order valence-electron chi connectivity index (χ3n) is 3.76. The fraction of sp³-hybridized carbons (Fsp3) is 0.923. The van der Waals surface area contributed by atoms with E-state index in [4.69, 9.17) is 5.73 Å². The van der Waals surface area contributed by atoms with Crippen molar-refractivity contribution in [1.29, 1.82) is 0 Å². The molecule has 1 aliphatic rings. The molecular formula is C13H28N4O. The molecule has 2 unspecified atom stereocenters. The van der Waals surface area contributed by atoms with Crippen LogP contribution in [0.2, 0.25) is 0 Å². The zero-order chi connectivity index (χ0) is 13.8. The van der Waals surface area contributed by atoms with Crippen molar-refractivity contribution in [3.8, 4) is 0 Å². The Morgan fingerprint density at radius 1 is 1.61 bits per heavy atom. The van der Waals surface area contributed by atoms with Crippen molar-refractivity contribution in [1.82, 2.24) is 15.1 Å². The highest BCUT2D eigenvalue weighted by Gasteiger charge is 2.32. The van der Waals surface area contributed by atoms with Crippen LogP contribution in [-0.2, 0) is 4.79 Å². The first-order chi connectivity index (χ1) is 8.37. The van der Waals surface area contributed by atoms with Crippen molar-refractivity contribution in [2.45, 2.75) is 25.8 Å². The van der Waals surface area contributed by atoms with Crippen LogP contribution in [0.4, 0.5) is 0 Å². The van der Waals surface area contributed by atoms with Crippen molar-refractivity contribution in [3.63, 3.8) is 0 Å². The molecule has 3 N–H and O–H groups in total. The van der Waals surface area contributed by atoms with Crippen molar-refractivity contribution in [3.05, 3.63) is 0 Å². The zero-order valence-corrected chi connectivity index (χ0v) is 12.2. The van der Waals surface area contributed by atoms with E-state index in [1.165, 1.54) is 13.0 Å². The molecule has 2 atom stereocenters. The molecule has 5 heteroatoms. The Morgan fingerprint density at radius 3 is 2.72 bits per heavy atom. The van der Waals surface area contributed by atoms with E-state index in [-0.39, 0.29) is 5.91 Å². The normalized spacial score (nSPS) is 24.4. The van der Waals surface area contributed by atoms with Crippen LogP contribution in [0.1, 0.15) is 20.3 Å². The Hall–Kier alpha value is -0.650. The monoisotopic (exact) mass is 256 g/mol. The van der Waals surface area contributed by atoms with Crippen LogP contribution in [-0.4, -0.2) is 68.1 Å². The molecule has 0 radical (unpaired) electrons. The average molecular weight is 256 g/mol. The molecule has 1 amide bonds. The van der Waals surface area contributed by atoms with Crippen molar-refractivity contribution >= 4 is 5.91 Å². The van der Waals surface area contributed by atoms with Crippen molar-refractivity contribution < 1.29 is 4.79 Å². The highest BCUT2D eigenvalue weighted by Crippen LogP contribution is 2.16. The third kappa shape index (κ3) is 4.23. The number of nitrogens with zero attached hydrogens (tertiary/aromatic N) is 2. The lowest BCUT2D eigenvalue weighted by atomic mass is 10.00. The van der Waals surface area contributed by atoms with Gasteiger partial charge in [0.05, 0.1) is 0 Å². The summed E-state index contributed by atoms with van der Waals surface area (Å²) in [5.41, 5.74) is 4.87. The van der Waals surface area contributed by atoms with E-state index in [0.29, 0.717) is 12.5 Å². The highest BCUT2D eigenvalue weighted by molar-refractivity contribution is 5.84. The number of rotatable bonds is 7. The molecule has 0 saturated carbocycles. The number of likely N-dealkylation sites (tertiary alicyclic amines) is 1. The second kappa shape index (κ2) is 6.50. The number of hydrogen-bond donors (Lipinski definition) is 2. The van der Waals surface area contributed by atoms with Crippen LogP contribution in [0, 0.1) is 5.92 Å². The molecule has 0 spiro atoms. The van der Waals surface area contributed by atoms with E-state index in [2.05, 4.69) is 29.2 Å². The Morgan fingerprint density at radius 2 is 2.28 bits per heavy atom. The van der Waals surface area contributed by atoms with Crippen LogP contribution in [0.25, 0.3) is 0 Å². The lowest BCUT2D eigenvalue weighted by molar-refractivity contribution is -0.124. The molecule has 5 nitrogen and oxygen atoms in total. The quantitative estimate of drug-likeness (QED) is 0.658. The summed E-state index contributed by atoms with van der Waals surface area (Å²) in [6.45, 7) is 8.65. The summed E-state index contributed by atoms with van der Waals surface area (Å²) in [5.74, 6) is 0.429. The van der Waals surface area contributed by atoms with Crippen molar-refractivity contribution in [2.75, 3.05) is 46.8 Å². The maximum atomic E-state index is 11.6. The second-order valence-electron chi connectivity index (χ2n) is 5.84. The molecule has 1 heterocycles. The number of carbonyl (C=O) groups excluding carboxylic acids is 1. The summed E-state index contributed by atoms with van der Waals surface area (Å²) in [6.07, 6.45) is 1.25. The fourth-order valence-corrected chi connectivity index (χ4v) is 2.83. The molecule has 0 aromatic heterocycles. The highest BCUT2D eigenvalue weighted by atomic mass is 16.1. The van der Waals surface area contributed by atoms with E-state index < -0.39 is 5.54 Å². The molecule has 0 aromatic carbocycles. The van der Waals surface area contributed by atoms with Gasteiger partial charge in [-0.3, -0.25) is 4.79 Å². The minimum absolute atomic E-state index is 0.278. The minimum atomic E-state index is -0.631. The van der Waals surface area contributed by atoms with Gasteiger partial charge in [-0.05, 0) is 46.4 Å². The van der Waals surface area contributed by atoms with E-state index >= 15 is 0 Å². The Kier molecular flexibility index (Phi) is 5.56. The van der Waals surface area contributed by atoms with Gasteiger partial charge in [0.15, 0.2) is 0 Å². The van der Waals surface area contributed by atoms with Gasteiger partial charge in [0.25, 0.3) is 0 Å². The Labute approximate surface area is 111 Å². The first-order valence-electron chi connectivity index (χ1n) is 6.79. The van der Waals surface area contributed by atoms with E-state index in [0.717, 1.165) is 19.6 Å². The van der Waals surface area contributed by atoms with Gasteiger partial charge in [-0.1, -0.05) is 6.92 Å². The predicted molar refractivity (Wildman–Crippen MR) is 74.4 cm³/mol. The van der Waals surface area contributed by atoms with Gasteiger partial charge in [-0.15, -0.1) is 0 Å². The maximum absolute atomic E-state index is 11.6. The number of likely N-dealkylation sites (N-methyl/N-ethyl adjacent to an activating group) is 2. The number of amides is 1. The third-order valence-corrected chi connectivity index (χ3v) is 3.76. The molecule has 106 valence electrons. The molecule has 0 aromatic rings. The number of nitrogens with two attached hydrogens (primary N) is 1. The largest absolute Gasteiger partial charge is 0.368 e. The Balaban J connectivity index is 2.46. The van der Waals surface area contributed by atoms with Crippen LogP contribution in [0.3, 0.4) is 0 Å². The van der Waals surface area contributed by atoms with Gasteiger partial charge in [0.2, 0.25) is 5.91 Å². The van der Waals surface area contributed by atoms with Gasteiger partial charge in [0.1, 0.15) is 5.54 Å². The average Bonchev–Trinajstić information content (AvgIpc) is 2.63. The first-order valence-corrected chi connectivity index (χ1v) is 6.79. The summed E-state index contributed by atoms with van der Waals surface area (Å²) in [4.78, 5) is 16.1. The van der Waals surface area contributed by atoms with Crippen LogP contribution >= 0.6 is 0 Å². The van der Waals surface area contributed by atoms with Gasteiger partial charge < -0.3 is 20.9 Å². The minimum Gasteiger partial charge on any atom is -0.368 e. The lowest BCUT2D eigenvalue weighted by Crippen LogP contribution is -2.59. The zero-order valence-electron chi connectivity index (χ0n) is 12.2. The van der Waals surface area contributed by atoms with E-state index in [9.17, 15) is 4.79 Å². The lowest BCUT2D eigenvalue weighted by Gasteiger charge is -2.32. The van der Waals surface area contributed by atoms with Gasteiger partial charge in [-0.2, -0.15) is 0 Å². The summed E-state index contributed by atoms with van der Waals surface area (Å²) in [5, 5.41) is 3.20. The number of primary amides is 1. The second-order valence-corrected chi connectivity index (χ2v) is 5.84. The molecular weight excluding hydrogens is 228 g/mol. The summed E-state index contributed by atoms with van der Waals surface area (Å²) in [6, 6.07) is 0. The molecule has 1 fully saturated rings. The van der Waals surface area contributed by atoms with Gasteiger partial charge in [0, 0.05) is 19.6 Å². The topological polar surface area (TPSA) is 61.6 Å². The maximum Gasteiger partial charge on any atom is 0.238 e. The predicted octanol–water partition coefficient (Wildman–Crippen LogP) is -0.277. The van der Waals surface area contributed by atoms with Crippen LogP contribution in [0.5, 0.6) is 0 Å². The number of hydrogen-bond acceptors (Lipinski definition) is 4. The van der Waals surface area contributed by atoms with Crippen molar-refractivity contribution in [2.24, 2.45) is 11.7 Å². The number of nitrogens with one attached hydrogen (secondary N) is 1. The van der Waals surface area contributed by atoms with Crippen LogP contribution in [0.15, 0.2) is 0 Å². The Bertz CT molecular complexity index is 284. The van der Waals surface area contributed by atoms with E-state index in [1.807, 2.05) is 13.8 Å². The number of carbonyl (C=O) groups is 1. The molecule has 1 saturated heterocycles. The molecule has 1 rings (SSSR count). The fourth-order valence-electron chi connectivity index (χ4n) is 2.83. The molecule has 1 aliphatic heterocycles. The smallest absolute Gasteiger partial charge is 0.238 e.